The van der Waals surface area contributed by atoms with Crippen LogP contribution >= 0.6 is 23.2 Å². The number of hydrogen-bond donors (Lipinski definition) is 1. The summed E-state index contributed by atoms with van der Waals surface area (Å²) in [6.45, 7) is 1.48. The van der Waals surface area contributed by atoms with E-state index in [0.717, 1.165) is 11.6 Å². The van der Waals surface area contributed by atoms with E-state index in [1.807, 2.05) is 0 Å². The first-order valence-electron chi connectivity index (χ1n) is 9.46. The van der Waals surface area contributed by atoms with Crippen LogP contribution in [0.5, 0.6) is 0 Å². The fourth-order valence-corrected chi connectivity index (χ4v) is 5.42. The second-order valence-electron chi connectivity index (χ2n) is 7.10. The summed E-state index contributed by atoms with van der Waals surface area (Å²) in [4.78, 5) is 23.8. The Morgan fingerprint density at radius 3 is 2.74 bits per heavy atom. The molecule has 1 fully saturated rings. The highest BCUT2D eigenvalue weighted by Crippen LogP contribution is 2.30. The van der Waals surface area contributed by atoms with Gasteiger partial charge in [0.15, 0.2) is 16.4 Å². The first-order chi connectivity index (χ1) is 14.7. The molecule has 1 aromatic carbocycles. The van der Waals surface area contributed by atoms with Gasteiger partial charge in [0, 0.05) is 23.2 Å². The van der Waals surface area contributed by atoms with Gasteiger partial charge in [0.2, 0.25) is 0 Å². The standard InChI is InChI=1S/C20H21Cl2N3O5S/c1-13-16(20(22)25(24-13)15-8-9-31(28,29)12-15)6-7-19(27)30-11-18(26)23-10-14-4-2-3-5-17(14)21/h2-7,15H,8-12H2,1H3,(H,23,26)/b7-6+/t15-/m0/s1. The van der Waals surface area contributed by atoms with Gasteiger partial charge in [0.05, 0.1) is 23.2 Å². The van der Waals surface area contributed by atoms with Gasteiger partial charge in [-0.05, 0) is 31.1 Å². The molecule has 1 amide bonds. The number of carbonyl (C=O) groups is 2. The van der Waals surface area contributed by atoms with Crippen LogP contribution in [0.4, 0.5) is 0 Å². The molecule has 1 aliphatic heterocycles. The minimum atomic E-state index is -3.09. The molecule has 0 bridgehead atoms. The number of aromatic nitrogens is 2. The van der Waals surface area contributed by atoms with Crippen molar-refractivity contribution in [3.8, 4) is 0 Å². The van der Waals surface area contributed by atoms with Gasteiger partial charge in [-0.15, -0.1) is 0 Å². The van der Waals surface area contributed by atoms with Crippen molar-refractivity contribution >= 4 is 51.0 Å². The van der Waals surface area contributed by atoms with Crippen LogP contribution in [0.25, 0.3) is 6.08 Å². The summed E-state index contributed by atoms with van der Waals surface area (Å²) in [6.07, 6.45) is 3.03. The van der Waals surface area contributed by atoms with E-state index >= 15 is 0 Å². The van der Waals surface area contributed by atoms with Gasteiger partial charge in [-0.3, -0.25) is 4.79 Å². The maximum Gasteiger partial charge on any atom is 0.331 e. The molecule has 0 saturated carbocycles. The largest absolute Gasteiger partial charge is 0.452 e. The zero-order chi connectivity index (χ0) is 22.6. The Morgan fingerprint density at radius 1 is 1.32 bits per heavy atom. The summed E-state index contributed by atoms with van der Waals surface area (Å²) >= 11 is 12.4. The smallest absolute Gasteiger partial charge is 0.331 e. The van der Waals surface area contributed by atoms with E-state index in [9.17, 15) is 18.0 Å². The van der Waals surface area contributed by atoms with Crippen molar-refractivity contribution in [1.82, 2.24) is 15.1 Å². The normalized spacial score (nSPS) is 17.7. The highest BCUT2D eigenvalue weighted by Gasteiger charge is 2.31. The van der Waals surface area contributed by atoms with Crippen LogP contribution in [0.1, 0.15) is 29.3 Å². The van der Waals surface area contributed by atoms with Crippen molar-refractivity contribution in [2.75, 3.05) is 18.1 Å². The summed E-state index contributed by atoms with van der Waals surface area (Å²) in [5.41, 5.74) is 1.79. The van der Waals surface area contributed by atoms with Crippen molar-refractivity contribution in [1.29, 1.82) is 0 Å². The first kappa shape index (κ1) is 23.3. The van der Waals surface area contributed by atoms with Gasteiger partial charge in [-0.2, -0.15) is 5.10 Å². The third-order valence-corrected chi connectivity index (χ3v) is 7.29. The summed E-state index contributed by atoms with van der Waals surface area (Å²) in [6, 6.07) is 6.76. The topological polar surface area (TPSA) is 107 Å². The molecule has 0 aliphatic carbocycles. The Hall–Kier alpha value is -2.36. The summed E-state index contributed by atoms with van der Waals surface area (Å²) < 4.78 is 29.8. The van der Waals surface area contributed by atoms with E-state index in [0.29, 0.717) is 22.7 Å². The van der Waals surface area contributed by atoms with E-state index in [-0.39, 0.29) is 29.2 Å². The van der Waals surface area contributed by atoms with Crippen LogP contribution in [0.3, 0.4) is 0 Å². The van der Waals surface area contributed by atoms with Crippen molar-refractivity contribution in [3.63, 3.8) is 0 Å². The maximum atomic E-state index is 12.0. The number of carbonyl (C=O) groups excluding carboxylic acids is 2. The zero-order valence-corrected chi connectivity index (χ0v) is 19.0. The lowest BCUT2D eigenvalue weighted by Crippen LogP contribution is -2.28. The Morgan fingerprint density at radius 2 is 2.06 bits per heavy atom. The molecular formula is C20H21Cl2N3O5S. The number of hydrogen-bond acceptors (Lipinski definition) is 6. The number of sulfone groups is 1. The lowest BCUT2D eigenvalue weighted by Gasteiger charge is -2.09. The Balaban J connectivity index is 1.53. The zero-order valence-electron chi connectivity index (χ0n) is 16.7. The highest BCUT2D eigenvalue weighted by atomic mass is 35.5. The van der Waals surface area contributed by atoms with E-state index in [1.165, 1.54) is 10.8 Å². The molecule has 8 nitrogen and oxygen atoms in total. The van der Waals surface area contributed by atoms with Crippen LogP contribution in [0.2, 0.25) is 10.2 Å². The molecule has 0 radical (unpaired) electrons. The second-order valence-corrected chi connectivity index (χ2v) is 10.1. The summed E-state index contributed by atoms with van der Waals surface area (Å²) in [5, 5.41) is 7.72. The highest BCUT2D eigenvalue weighted by molar-refractivity contribution is 7.91. The molecule has 0 spiro atoms. The average Bonchev–Trinajstić information content (AvgIpc) is 3.22. The first-order valence-corrected chi connectivity index (χ1v) is 12.0. The average molecular weight is 486 g/mol. The van der Waals surface area contributed by atoms with Crippen molar-refractivity contribution < 1.29 is 22.7 Å². The van der Waals surface area contributed by atoms with Gasteiger partial charge in [0.1, 0.15) is 5.15 Å². The number of aryl methyl sites for hydroxylation is 1. The van der Waals surface area contributed by atoms with E-state index in [1.54, 1.807) is 31.2 Å². The molecule has 1 N–H and O–H groups in total. The lowest BCUT2D eigenvalue weighted by molar-refractivity contribution is -0.143. The number of benzene rings is 1. The molecule has 0 unspecified atom stereocenters. The van der Waals surface area contributed by atoms with Crippen LogP contribution in [-0.4, -0.2) is 48.2 Å². The molecule has 2 aromatic rings. The molecule has 1 atom stereocenters. The fraction of sp³-hybridized carbons (Fsp3) is 0.350. The number of ether oxygens (including phenoxy) is 1. The second kappa shape index (κ2) is 9.84. The molecule has 31 heavy (non-hydrogen) atoms. The molecular weight excluding hydrogens is 465 g/mol. The molecule has 1 saturated heterocycles. The van der Waals surface area contributed by atoms with Crippen LogP contribution < -0.4 is 5.32 Å². The third kappa shape index (κ3) is 6.09. The van der Waals surface area contributed by atoms with Crippen LogP contribution in [-0.2, 0) is 30.7 Å². The molecule has 1 aliphatic rings. The minimum absolute atomic E-state index is 0.0116. The number of esters is 1. The van der Waals surface area contributed by atoms with Gasteiger partial charge < -0.3 is 10.1 Å². The molecule has 2 heterocycles. The van der Waals surface area contributed by atoms with Gasteiger partial charge in [-0.25, -0.2) is 17.9 Å². The van der Waals surface area contributed by atoms with Gasteiger partial charge >= 0.3 is 5.97 Å². The fourth-order valence-electron chi connectivity index (χ4n) is 3.15. The Kier molecular flexibility index (Phi) is 7.40. The van der Waals surface area contributed by atoms with E-state index in [2.05, 4.69) is 10.4 Å². The van der Waals surface area contributed by atoms with Crippen molar-refractivity contribution in [2.24, 2.45) is 0 Å². The van der Waals surface area contributed by atoms with Crippen LogP contribution in [0.15, 0.2) is 30.3 Å². The predicted molar refractivity (Wildman–Crippen MR) is 118 cm³/mol. The van der Waals surface area contributed by atoms with Crippen molar-refractivity contribution in [2.45, 2.75) is 25.9 Å². The number of rotatable bonds is 7. The lowest BCUT2D eigenvalue weighted by atomic mass is 10.2. The molecule has 11 heteroatoms. The maximum absolute atomic E-state index is 12.0. The molecule has 166 valence electrons. The third-order valence-electron chi connectivity index (χ3n) is 4.79. The number of amides is 1. The number of halogens is 2. The molecule has 1 aromatic heterocycles. The minimum Gasteiger partial charge on any atom is -0.452 e. The molecule has 3 rings (SSSR count). The summed E-state index contributed by atoms with van der Waals surface area (Å²) in [7, 11) is -3.09. The SMILES string of the molecule is Cc1nn([C@H]2CCS(=O)(=O)C2)c(Cl)c1/C=C/C(=O)OCC(=O)NCc1ccccc1Cl. The monoisotopic (exact) mass is 485 g/mol. The van der Waals surface area contributed by atoms with Gasteiger partial charge in [-0.1, -0.05) is 41.4 Å². The number of nitrogens with zero attached hydrogens (tertiary/aromatic N) is 2. The number of nitrogens with one attached hydrogen (secondary N) is 1. The van der Waals surface area contributed by atoms with E-state index < -0.39 is 28.3 Å². The van der Waals surface area contributed by atoms with Crippen molar-refractivity contribution in [3.05, 3.63) is 57.3 Å². The summed E-state index contributed by atoms with van der Waals surface area (Å²) in [5.74, 6) is -1.10. The van der Waals surface area contributed by atoms with Crippen LogP contribution in [0, 0.1) is 6.92 Å². The predicted octanol–water partition coefficient (Wildman–Crippen LogP) is 2.73. The quantitative estimate of drug-likeness (QED) is 0.477. The van der Waals surface area contributed by atoms with E-state index in [4.69, 9.17) is 27.9 Å². The Labute approximate surface area is 190 Å². The van der Waals surface area contributed by atoms with Gasteiger partial charge in [0.25, 0.3) is 5.91 Å². The Bertz CT molecular complexity index is 1130.